The average Bonchev–Trinajstić information content (AvgIpc) is 2.61. The summed E-state index contributed by atoms with van der Waals surface area (Å²) >= 11 is 3.30. The van der Waals surface area contributed by atoms with E-state index in [4.69, 9.17) is 14.7 Å². The fraction of sp³-hybridized carbons (Fsp3) is 0.588. The highest BCUT2D eigenvalue weighted by atomic mass is 79.9. The minimum absolute atomic E-state index is 0.259. The van der Waals surface area contributed by atoms with Gasteiger partial charge in [-0.05, 0) is 31.4 Å². The van der Waals surface area contributed by atoms with Crippen LogP contribution in [0.15, 0.2) is 24.3 Å². The predicted molar refractivity (Wildman–Crippen MR) is 98.6 cm³/mol. The second-order valence-electron chi connectivity index (χ2n) is 6.09. The van der Waals surface area contributed by atoms with Crippen molar-refractivity contribution in [2.45, 2.75) is 48.4 Å². The predicted octanol–water partition coefficient (Wildman–Crippen LogP) is 3.31. The Morgan fingerprint density at radius 1 is 1.58 bits per heavy atom. The Morgan fingerprint density at radius 3 is 2.92 bits per heavy atom. The molecule has 2 rings (SSSR count). The molecule has 1 N–H and O–H groups in total. The molecular formula is C17H21BrF2N2O3S. The Bertz CT molecular complexity index is 701. The molecule has 4 atom stereocenters. The molecule has 1 heterocycles. The summed E-state index contributed by atoms with van der Waals surface area (Å²) < 4.78 is 55.9. The number of alkyl halides is 3. The van der Waals surface area contributed by atoms with Crippen LogP contribution in [0, 0.1) is 11.3 Å². The molecular weight excluding hydrogens is 430 g/mol. The number of fused-ring (bicyclic) bond motifs is 1. The molecule has 1 aliphatic rings. The van der Waals surface area contributed by atoms with Crippen molar-refractivity contribution in [3.63, 3.8) is 0 Å². The maximum atomic E-state index is 15.2. The van der Waals surface area contributed by atoms with Crippen LogP contribution in [0.3, 0.4) is 0 Å². The molecule has 1 aromatic rings. The third-order valence-corrected chi connectivity index (χ3v) is 6.81. The number of hydrogen-bond acceptors (Lipinski definition) is 4. The number of para-hydroxylation sites is 1. The van der Waals surface area contributed by atoms with Gasteiger partial charge in [0.1, 0.15) is 19.0 Å². The van der Waals surface area contributed by atoms with Crippen LogP contribution in [0.25, 0.3) is 0 Å². The molecule has 144 valence electrons. The maximum absolute atomic E-state index is 15.2. The van der Waals surface area contributed by atoms with Gasteiger partial charge in [-0.3, -0.25) is 0 Å². The Hall–Kier alpha value is -1.08. The van der Waals surface area contributed by atoms with E-state index in [9.17, 15) is 4.21 Å². The van der Waals surface area contributed by atoms with Crippen molar-refractivity contribution in [1.82, 2.24) is 4.72 Å². The molecule has 0 spiro atoms. The molecule has 0 saturated carbocycles. The van der Waals surface area contributed by atoms with Gasteiger partial charge in [0.15, 0.2) is 0 Å². The highest BCUT2D eigenvalue weighted by Gasteiger charge is 2.63. The van der Waals surface area contributed by atoms with E-state index in [1.807, 2.05) is 6.92 Å². The number of benzene rings is 1. The van der Waals surface area contributed by atoms with Crippen molar-refractivity contribution in [3.05, 3.63) is 29.8 Å². The zero-order chi connectivity index (χ0) is 19.4. The molecule has 0 aliphatic carbocycles. The standard InChI is InChI=1S/C17H21BrF2N2O3S/c1-3-12(2)26(23)22-17(16(19,20)11-24-9-8-21)15(18)10-13-6-4-5-7-14(13)25-17/h4-7,12,15,22H,3,9-11H2,1-2H3/t12-,15?,17+,26?/m1/s1. The number of nitriles is 1. The monoisotopic (exact) mass is 450 g/mol. The second kappa shape index (κ2) is 8.74. The largest absolute Gasteiger partial charge is 0.464 e. The topological polar surface area (TPSA) is 71.3 Å². The van der Waals surface area contributed by atoms with Gasteiger partial charge in [-0.15, -0.1) is 0 Å². The van der Waals surface area contributed by atoms with Crippen molar-refractivity contribution in [2.24, 2.45) is 0 Å². The van der Waals surface area contributed by atoms with Gasteiger partial charge in [0, 0.05) is 5.25 Å². The molecule has 26 heavy (non-hydrogen) atoms. The summed E-state index contributed by atoms with van der Waals surface area (Å²) in [4.78, 5) is -0.862. The van der Waals surface area contributed by atoms with E-state index < -0.39 is 40.7 Å². The first-order chi connectivity index (χ1) is 12.3. The van der Waals surface area contributed by atoms with Gasteiger partial charge in [-0.1, -0.05) is 41.1 Å². The molecule has 1 aliphatic heterocycles. The Morgan fingerprint density at radius 2 is 2.27 bits per heavy atom. The third kappa shape index (κ3) is 4.25. The van der Waals surface area contributed by atoms with E-state index in [0.29, 0.717) is 12.2 Å². The van der Waals surface area contributed by atoms with Crippen molar-refractivity contribution in [3.8, 4) is 11.8 Å². The van der Waals surface area contributed by atoms with Gasteiger partial charge in [0.05, 0.1) is 21.9 Å². The van der Waals surface area contributed by atoms with Crippen molar-refractivity contribution in [1.29, 1.82) is 5.26 Å². The molecule has 9 heteroatoms. The van der Waals surface area contributed by atoms with Gasteiger partial charge in [0.25, 0.3) is 0 Å². The highest BCUT2D eigenvalue weighted by molar-refractivity contribution is 9.09. The highest BCUT2D eigenvalue weighted by Crippen LogP contribution is 2.44. The van der Waals surface area contributed by atoms with Gasteiger partial charge in [-0.2, -0.15) is 18.8 Å². The number of nitrogens with one attached hydrogen (secondary N) is 1. The second-order valence-corrected chi connectivity index (χ2v) is 8.80. The molecule has 0 saturated heterocycles. The van der Waals surface area contributed by atoms with E-state index in [0.717, 1.165) is 5.56 Å². The summed E-state index contributed by atoms with van der Waals surface area (Å²) in [5.74, 6) is -3.24. The van der Waals surface area contributed by atoms with Crippen LogP contribution in [0.4, 0.5) is 8.78 Å². The zero-order valence-electron chi connectivity index (χ0n) is 14.5. The lowest BCUT2D eigenvalue weighted by atomic mass is 9.93. The Balaban J connectivity index is 2.42. The van der Waals surface area contributed by atoms with Crippen LogP contribution in [0.1, 0.15) is 25.8 Å². The Labute approximate surface area is 162 Å². The van der Waals surface area contributed by atoms with E-state index in [1.54, 1.807) is 37.3 Å². The number of rotatable bonds is 8. The van der Waals surface area contributed by atoms with Gasteiger partial charge < -0.3 is 9.47 Å². The lowest BCUT2D eigenvalue weighted by Crippen LogP contribution is -2.71. The summed E-state index contributed by atoms with van der Waals surface area (Å²) in [7, 11) is -1.76. The molecule has 0 bridgehead atoms. The van der Waals surface area contributed by atoms with Gasteiger partial charge in [0.2, 0.25) is 5.72 Å². The Kier molecular flexibility index (Phi) is 7.13. The molecule has 0 aromatic heterocycles. The van der Waals surface area contributed by atoms with E-state index in [1.165, 1.54) is 0 Å². The van der Waals surface area contributed by atoms with E-state index in [2.05, 4.69) is 20.7 Å². The first kappa shape index (κ1) is 21.2. The van der Waals surface area contributed by atoms with Crippen LogP contribution in [0.2, 0.25) is 0 Å². The average molecular weight is 451 g/mol. The first-order valence-electron chi connectivity index (χ1n) is 8.19. The van der Waals surface area contributed by atoms with Crippen molar-refractivity contribution in [2.75, 3.05) is 13.2 Å². The fourth-order valence-corrected chi connectivity index (χ4v) is 4.72. The van der Waals surface area contributed by atoms with Crippen LogP contribution in [0.5, 0.6) is 5.75 Å². The van der Waals surface area contributed by atoms with E-state index >= 15 is 8.78 Å². The lowest BCUT2D eigenvalue weighted by molar-refractivity contribution is -0.201. The normalized spacial score (nSPS) is 24.8. The van der Waals surface area contributed by atoms with Crippen LogP contribution in [-0.2, 0) is 22.1 Å². The van der Waals surface area contributed by atoms with Crippen molar-refractivity contribution < 1.29 is 22.5 Å². The van der Waals surface area contributed by atoms with Crippen LogP contribution >= 0.6 is 15.9 Å². The van der Waals surface area contributed by atoms with E-state index in [-0.39, 0.29) is 11.7 Å². The van der Waals surface area contributed by atoms with Crippen molar-refractivity contribution >= 4 is 26.9 Å². The SMILES string of the molecule is CC[C@@H](C)S(=O)N[C@]1(C(F)(F)COCC#N)Oc2ccccc2CC1Br. The number of nitrogens with zero attached hydrogens (tertiary/aromatic N) is 1. The molecule has 5 nitrogen and oxygen atoms in total. The van der Waals surface area contributed by atoms with Crippen LogP contribution < -0.4 is 9.46 Å². The molecule has 0 amide bonds. The summed E-state index contributed by atoms with van der Waals surface area (Å²) in [6, 6.07) is 8.55. The summed E-state index contributed by atoms with van der Waals surface area (Å²) in [6.45, 7) is 2.04. The van der Waals surface area contributed by atoms with Gasteiger partial charge >= 0.3 is 5.92 Å². The summed E-state index contributed by atoms with van der Waals surface area (Å²) in [6.07, 6.45) is 0.810. The molecule has 1 aromatic carbocycles. The number of ether oxygens (including phenoxy) is 2. The quantitative estimate of drug-likeness (QED) is 0.487. The smallest absolute Gasteiger partial charge is 0.325 e. The third-order valence-electron chi connectivity index (χ3n) is 4.27. The minimum atomic E-state index is -3.55. The number of halogens is 3. The fourth-order valence-electron chi connectivity index (χ4n) is 2.54. The summed E-state index contributed by atoms with van der Waals surface area (Å²) in [5.41, 5.74) is -1.50. The molecule has 2 unspecified atom stereocenters. The molecule has 0 radical (unpaired) electrons. The maximum Gasteiger partial charge on any atom is 0.325 e. The number of hydrogen-bond donors (Lipinski definition) is 1. The van der Waals surface area contributed by atoms with Crippen LogP contribution in [-0.4, -0.2) is 39.1 Å². The zero-order valence-corrected chi connectivity index (χ0v) is 16.9. The van der Waals surface area contributed by atoms with Gasteiger partial charge in [-0.25, -0.2) is 4.21 Å². The lowest BCUT2D eigenvalue weighted by Gasteiger charge is -2.46. The molecule has 0 fully saturated rings. The first-order valence-corrected chi connectivity index (χ1v) is 10.3. The minimum Gasteiger partial charge on any atom is -0.464 e. The summed E-state index contributed by atoms with van der Waals surface area (Å²) in [5, 5.41) is 8.20.